The third-order valence-electron chi connectivity index (χ3n) is 5.76. The van der Waals surface area contributed by atoms with E-state index in [0.29, 0.717) is 16.3 Å². The lowest BCUT2D eigenvalue weighted by Gasteiger charge is -2.31. The highest BCUT2D eigenvalue weighted by Gasteiger charge is 2.36. The number of nitrogens with one attached hydrogen (secondary N) is 2. The fourth-order valence-corrected chi connectivity index (χ4v) is 4.74. The lowest BCUT2D eigenvalue weighted by molar-refractivity contribution is -0.127. The first-order chi connectivity index (χ1) is 16.4. The number of hydrogen-bond donors (Lipinski definition) is 2. The van der Waals surface area contributed by atoms with Crippen LogP contribution < -0.4 is 15.5 Å². The number of carbonyl (C=O) groups excluding carboxylic acids is 3. The van der Waals surface area contributed by atoms with Gasteiger partial charge in [-0.05, 0) is 67.6 Å². The van der Waals surface area contributed by atoms with Crippen LogP contribution in [0.5, 0.6) is 0 Å². The van der Waals surface area contributed by atoms with Crippen molar-refractivity contribution in [2.45, 2.75) is 44.7 Å². The van der Waals surface area contributed by atoms with Crippen molar-refractivity contribution in [1.29, 1.82) is 0 Å². The molecule has 178 valence electrons. The van der Waals surface area contributed by atoms with Crippen molar-refractivity contribution in [2.75, 3.05) is 11.4 Å². The lowest BCUT2D eigenvalue weighted by Crippen LogP contribution is -2.49. The lowest BCUT2D eigenvalue weighted by atomic mass is 10.1. The molecule has 2 aromatic heterocycles. The van der Waals surface area contributed by atoms with Crippen molar-refractivity contribution in [3.05, 3.63) is 76.1 Å². The third-order valence-corrected chi connectivity index (χ3v) is 6.63. The quantitative estimate of drug-likeness (QED) is 0.498. The number of anilines is 1. The van der Waals surface area contributed by atoms with Gasteiger partial charge in [0.2, 0.25) is 5.91 Å². The second-order valence-corrected chi connectivity index (χ2v) is 9.19. The minimum atomic E-state index is -1.12. The summed E-state index contributed by atoms with van der Waals surface area (Å²) in [5.74, 6) is -0.895. The molecule has 1 aliphatic rings. The van der Waals surface area contributed by atoms with Crippen LogP contribution in [0.3, 0.4) is 0 Å². The van der Waals surface area contributed by atoms with Gasteiger partial charge in [-0.1, -0.05) is 18.9 Å². The Bertz CT molecular complexity index is 1140. The summed E-state index contributed by atoms with van der Waals surface area (Å²) in [7, 11) is 0. The summed E-state index contributed by atoms with van der Waals surface area (Å²) in [5, 5.41) is 7.42. The Labute approximate surface area is 200 Å². The predicted molar refractivity (Wildman–Crippen MR) is 127 cm³/mol. The zero-order valence-electron chi connectivity index (χ0n) is 18.8. The zero-order chi connectivity index (χ0) is 24.1. The fourth-order valence-electron chi connectivity index (χ4n) is 4.10. The van der Waals surface area contributed by atoms with Crippen LogP contribution >= 0.6 is 11.3 Å². The summed E-state index contributed by atoms with van der Waals surface area (Å²) in [6.07, 6.45) is 3.81. The van der Waals surface area contributed by atoms with Crippen LogP contribution in [-0.4, -0.2) is 30.3 Å². The molecule has 4 rings (SSSR count). The normalized spacial score (nSPS) is 14.5. The van der Waals surface area contributed by atoms with E-state index in [1.807, 2.05) is 0 Å². The molecule has 1 atom stereocenters. The molecule has 34 heavy (non-hydrogen) atoms. The van der Waals surface area contributed by atoms with E-state index in [2.05, 4.69) is 10.6 Å². The van der Waals surface area contributed by atoms with Gasteiger partial charge in [-0.25, -0.2) is 4.39 Å². The van der Waals surface area contributed by atoms with Crippen LogP contribution in [0.25, 0.3) is 0 Å². The highest BCUT2D eigenvalue weighted by Crippen LogP contribution is 2.30. The Morgan fingerprint density at radius 3 is 2.47 bits per heavy atom. The number of nitrogens with zero attached hydrogens (tertiary/aromatic N) is 1. The van der Waals surface area contributed by atoms with Gasteiger partial charge in [0.05, 0.1) is 11.4 Å². The SMILES string of the molecule is Cc1ccc([C@H](C(=O)NC2CCCC2)N(C(=O)CNC(=O)c2cccs2)c2ccc(F)cc2)o1. The number of thiophene rings is 1. The minimum absolute atomic E-state index is 0.0229. The Balaban J connectivity index is 1.65. The van der Waals surface area contributed by atoms with Gasteiger partial charge < -0.3 is 15.1 Å². The number of carbonyl (C=O) groups is 3. The summed E-state index contributed by atoms with van der Waals surface area (Å²) in [6, 6.07) is 11.0. The van der Waals surface area contributed by atoms with Crippen LogP contribution in [0.1, 0.15) is 52.9 Å². The Kier molecular flexibility index (Phi) is 7.42. The average molecular weight is 484 g/mol. The first kappa shape index (κ1) is 23.7. The fraction of sp³-hybridized carbons (Fsp3) is 0.320. The molecule has 1 aliphatic carbocycles. The van der Waals surface area contributed by atoms with Crippen molar-refractivity contribution in [1.82, 2.24) is 10.6 Å². The molecule has 1 saturated carbocycles. The largest absolute Gasteiger partial charge is 0.464 e. The Morgan fingerprint density at radius 1 is 1.12 bits per heavy atom. The maximum absolute atomic E-state index is 13.7. The molecule has 0 unspecified atom stereocenters. The zero-order valence-corrected chi connectivity index (χ0v) is 19.6. The van der Waals surface area contributed by atoms with Crippen LogP contribution in [-0.2, 0) is 9.59 Å². The smallest absolute Gasteiger partial charge is 0.261 e. The van der Waals surface area contributed by atoms with Crippen molar-refractivity contribution in [3.8, 4) is 0 Å². The summed E-state index contributed by atoms with van der Waals surface area (Å²) >= 11 is 1.26. The second kappa shape index (κ2) is 10.6. The number of hydrogen-bond acceptors (Lipinski definition) is 5. The van der Waals surface area contributed by atoms with E-state index in [1.54, 1.807) is 36.6 Å². The third kappa shape index (κ3) is 5.53. The highest BCUT2D eigenvalue weighted by atomic mass is 32.1. The summed E-state index contributed by atoms with van der Waals surface area (Å²) in [4.78, 5) is 41.1. The molecule has 1 aromatic carbocycles. The first-order valence-electron chi connectivity index (χ1n) is 11.2. The minimum Gasteiger partial charge on any atom is -0.464 e. The van der Waals surface area contributed by atoms with E-state index in [9.17, 15) is 18.8 Å². The highest BCUT2D eigenvalue weighted by molar-refractivity contribution is 7.12. The average Bonchev–Trinajstić information content (AvgIpc) is 3.60. The Hall–Kier alpha value is -3.46. The second-order valence-electron chi connectivity index (χ2n) is 8.24. The number of rotatable bonds is 8. The van der Waals surface area contributed by atoms with Crippen molar-refractivity contribution in [2.24, 2.45) is 0 Å². The van der Waals surface area contributed by atoms with Crippen molar-refractivity contribution >= 4 is 34.7 Å². The van der Waals surface area contributed by atoms with Crippen LogP contribution in [0, 0.1) is 12.7 Å². The molecule has 1 fully saturated rings. The standard InChI is InChI=1S/C25H26FN3O4S/c1-16-8-13-20(33-16)23(25(32)28-18-5-2-3-6-18)29(19-11-9-17(26)10-12-19)22(30)15-27-24(31)21-7-4-14-34-21/h4,7-14,18,23H,2-3,5-6,15H2,1H3,(H,27,31)(H,28,32)/t23-/m1/s1. The molecule has 0 spiro atoms. The van der Waals surface area contributed by atoms with E-state index >= 15 is 0 Å². The van der Waals surface area contributed by atoms with E-state index < -0.39 is 17.8 Å². The molecule has 0 bridgehead atoms. The molecule has 3 amide bonds. The maximum Gasteiger partial charge on any atom is 0.261 e. The molecule has 9 heteroatoms. The molecular formula is C25H26FN3O4S. The predicted octanol–water partition coefficient (Wildman–Crippen LogP) is 4.35. The van der Waals surface area contributed by atoms with E-state index in [0.717, 1.165) is 25.7 Å². The molecule has 7 nitrogen and oxygen atoms in total. The van der Waals surface area contributed by atoms with Gasteiger partial charge in [0, 0.05) is 11.7 Å². The van der Waals surface area contributed by atoms with Gasteiger partial charge in [0.1, 0.15) is 17.3 Å². The molecule has 2 heterocycles. The van der Waals surface area contributed by atoms with Crippen molar-refractivity contribution < 1.29 is 23.2 Å². The van der Waals surface area contributed by atoms with E-state index in [-0.39, 0.29) is 30.2 Å². The molecule has 2 N–H and O–H groups in total. The first-order valence-corrected chi connectivity index (χ1v) is 12.1. The maximum atomic E-state index is 13.7. The number of aryl methyl sites for hydroxylation is 1. The van der Waals surface area contributed by atoms with Gasteiger partial charge >= 0.3 is 0 Å². The van der Waals surface area contributed by atoms with E-state index in [4.69, 9.17) is 4.42 Å². The number of furan rings is 1. The molecular weight excluding hydrogens is 457 g/mol. The van der Waals surface area contributed by atoms with Crippen LogP contribution in [0.4, 0.5) is 10.1 Å². The Morgan fingerprint density at radius 2 is 1.85 bits per heavy atom. The topological polar surface area (TPSA) is 91.7 Å². The van der Waals surface area contributed by atoms with Gasteiger partial charge in [0.15, 0.2) is 6.04 Å². The van der Waals surface area contributed by atoms with Gasteiger partial charge in [-0.3, -0.25) is 19.3 Å². The molecule has 3 aromatic rings. The number of benzene rings is 1. The monoisotopic (exact) mass is 483 g/mol. The van der Waals surface area contributed by atoms with Crippen molar-refractivity contribution in [3.63, 3.8) is 0 Å². The van der Waals surface area contributed by atoms with Gasteiger partial charge in [-0.2, -0.15) is 0 Å². The molecule has 0 aliphatic heterocycles. The summed E-state index contributed by atoms with van der Waals surface area (Å²) < 4.78 is 19.4. The summed E-state index contributed by atoms with van der Waals surface area (Å²) in [6.45, 7) is 1.40. The molecule has 0 radical (unpaired) electrons. The van der Waals surface area contributed by atoms with Gasteiger partial charge in [-0.15, -0.1) is 11.3 Å². The van der Waals surface area contributed by atoms with Crippen LogP contribution in [0.2, 0.25) is 0 Å². The van der Waals surface area contributed by atoms with Crippen LogP contribution in [0.15, 0.2) is 58.3 Å². The number of amides is 3. The van der Waals surface area contributed by atoms with Gasteiger partial charge in [0.25, 0.3) is 11.8 Å². The summed E-state index contributed by atoms with van der Waals surface area (Å²) in [5.41, 5.74) is 0.317. The van der Waals surface area contributed by atoms with E-state index in [1.165, 1.54) is 40.5 Å². The molecule has 0 saturated heterocycles. The number of halogens is 1.